The van der Waals surface area contributed by atoms with Crippen molar-refractivity contribution in [2.24, 2.45) is 5.73 Å². The molecule has 0 spiro atoms. The van der Waals surface area contributed by atoms with Crippen LogP contribution < -0.4 is 5.73 Å². The zero-order valence-corrected chi connectivity index (χ0v) is 8.28. The predicted octanol–water partition coefficient (Wildman–Crippen LogP) is 1.52. The van der Waals surface area contributed by atoms with Crippen molar-refractivity contribution >= 4 is 0 Å². The maximum Gasteiger partial charge on any atom is 0.0297 e. The minimum atomic E-state index is 0.443. The number of nitrogens with two attached hydrogens (primary N) is 1. The fourth-order valence-corrected chi connectivity index (χ4v) is 2.27. The third-order valence-corrected chi connectivity index (χ3v) is 3.14. The molecule has 2 aliphatic rings. The van der Waals surface area contributed by atoms with Gasteiger partial charge in [-0.25, -0.2) is 0 Å². The normalized spacial score (nSPS) is 34.7. The molecule has 2 heteroatoms. The van der Waals surface area contributed by atoms with Gasteiger partial charge in [-0.1, -0.05) is 25.0 Å². The molecule has 0 bridgehead atoms. The van der Waals surface area contributed by atoms with Crippen LogP contribution in [0.1, 0.15) is 32.1 Å². The van der Waals surface area contributed by atoms with E-state index in [1.54, 1.807) is 0 Å². The van der Waals surface area contributed by atoms with Gasteiger partial charge in [0.15, 0.2) is 0 Å². The van der Waals surface area contributed by atoms with Crippen LogP contribution in [-0.2, 0) is 0 Å². The lowest BCUT2D eigenvalue weighted by atomic mass is 9.97. The first-order valence-electron chi connectivity index (χ1n) is 5.52. The second-order valence-electron chi connectivity index (χ2n) is 4.35. The fourth-order valence-electron chi connectivity index (χ4n) is 2.27. The molecule has 74 valence electrons. The fraction of sp³-hybridized carbons (Fsp3) is 0.818. The highest BCUT2D eigenvalue weighted by Gasteiger charge is 2.28. The Kier molecular flexibility index (Phi) is 3.01. The zero-order chi connectivity index (χ0) is 9.10. The standard InChI is InChI=1S/C11H20N2/c12-10-8-13(9-10)11-6-4-2-1-3-5-7-11/h4,6,10-11H,1-3,5,7-9,12H2/b6-4-. The van der Waals surface area contributed by atoms with Crippen molar-refractivity contribution in [2.75, 3.05) is 13.1 Å². The van der Waals surface area contributed by atoms with E-state index in [9.17, 15) is 0 Å². The van der Waals surface area contributed by atoms with Crippen molar-refractivity contribution < 1.29 is 0 Å². The summed E-state index contributed by atoms with van der Waals surface area (Å²) in [6, 6.07) is 1.14. The number of rotatable bonds is 1. The molecule has 1 saturated heterocycles. The van der Waals surface area contributed by atoms with Crippen molar-refractivity contribution in [1.82, 2.24) is 4.90 Å². The van der Waals surface area contributed by atoms with Crippen LogP contribution in [0.15, 0.2) is 12.2 Å². The molecule has 0 aromatic carbocycles. The Bertz CT molecular complexity index is 183. The molecule has 1 aliphatic heterocycles. The monoisotopic (exact) mass is 180 g/mol. The first-order chi connectivity index (χ1) is 6.36. The smallest absolute Gasteiger partial charge is 0.0297 e. The van der Waals surface area contributed by atoms with E-state index in [2.05, 4.69) is 17.1 Å². The van der Waals surface area contributed by atoms with Crippen molar-refractivity contribution in [2.45, 2.75) is 44.2 Å². The van der Waals surface area contributed by atoms with Crippen molar-refractivity contribution in [3.05, 3.63) is 12.2 Å². The van der Waals surface area contributed by atoms with Crippen molar-refractivity contribution in [1.29, 1.82) is 0 Å². The molecule has 0 radical (unpaired) electrons. The summed E-state index contributed by atoms with van der Waals surface area (Å²) in [5.74, 6) is 0. The summed E-state index contributed by atoms with van der Waals surface area (Å²) in [6.07, 6.45) is 11.5. The molecule has 0 aromatic rings. The maximum absolute atomic E-state index is 5.78. The second kappa shape index (κ2) is 4.25. The highest BCUT2D eigenvalue weighted by atomic mass is 15.2. The third kappa shape index (κ3) is 2.32. The molecule has 1 fully saturated rings. The maximum atomic E-state index is 5.78. The third-order valence-electron chi connectivity index (χ3n) is 3.14. The van der Waals surface area contributed by atoms with Gasteiger partial charge in [0.2, 0.25) is 0 Å². The zero-order valence-electron chi connectivity index (χ0n) is 8.28. The minimum absolute atomic E-state index is 0.443. The highest BCUT2D eigenvalue weighted by Crippen LogP contribution is 2.20. The molecule has 2 N–H and O–H groups in total. The predicted molar refractivity (Wildman–Crippen MR) is 55.6 cm³/mol. The summed E-state index contributed by atoms with van der Waals surface area (Å²) in [5.41, 5.74) is 5.78. The largest absolute Gasteiger partial charge is 0.325 e. The number of allylic oxidation sites excluding steroid dienone is 1. The topological polar surface area (TPSA) is 29.3 Å². The lowest BCUT2D eigenvalue weighted by molar-refractivity contribution is 0.110. The summed E-state index contributed by atoms with van der Waals surface area (Å²) in [5, 5.41) is 0. The molecule has 2 rings (SSSR count). The molecule has 1 heterocycles. The number of likely N-dealkylation sites (tertiary alicyclic amines) is 1. The Morgan fingerprint density at radius 2 is 2.00 bits per heavy atom. The summed E-state index contributed by atoms with van der Waals surface area (Å²) < 4.78 is 0. The summed E-state index contributed by atoms with van der Waals surface area (Å²) in [6.45, 7) is 2.21. The van der Waals surface area contributed by atoms with Crippen LogP contribution in [0.5, 0.6) is 0 Å². The first kappa shape index (κ1) is 9.22. The molecule has 0 aromatic heterocycles. The second-order valence-corrected chi connectivity index (χ2v) is 4.35. The van der Waals surface area contributed by atoms with E-state index in [4.69, 9.17) is 5.73 Å². The Labute approximate surface area is 80.8 Å². The van der Waals surface area contributed by atoms with Crippen LogP contribution in [0.3, 0.4) is 0 Å². The summed E-state index contributed by atoms with van der Waals surface area (Å²) in [7, 11) is 0. The van der Waals surface area contributed by atoms with Crippen molar-refractivity contribution in [3.63, 3.8) is 0 Å². The van der Waals surface area contributed by atoms with Crippen LogP contribution in [0.4, 0.5) is 0 Å². The minimum Gasteiger partial charge on any atom is -0.325 e. The molecular formula is C11H20N2. The number of hydrogen-bond donors (Lipinski definition) is 1. The SMILES string of the molecule is NC1CN(C2/C=C\CCCCC2)C1. The van der Waals surface area contributed by atoms with E-state index in [0.29, 0.717) is 12.1 Å². The van der Waals surface area contributed by atoms with Crippen LogP contribution in [0.25, 0.3) is 0 Å². The van der Waals surface area contributed by atoms with Gasteiger partial charge in [0.25, 0.3) is 0 Å². The van der Waals surface area contributed by atoms with Gasteiger partial charge in [-0.05, 0) is 19.3 Å². The Balaban J connectivity index is 1.85. The van der Waals surface area contributed by atoms with E-state index >= 15 is 0 Å². The number of nitrogens with zero attached hydrogens (tertiary/aromatic N) is 1. The molecule has 13 heavy (non-hydrogen) atoms. The van der Waals surface area contributed by atoms with E-state index in [1.807, 2.05) is 0 Å². The van der Waals surface area contributed by atoms with Gasteiger partial charge in [-0.3, -0.25) is 4.90 Å². The molecule has 1 aliphatic carbocycles. The van der Waals surface area contributed by atoms with Crippen LogP contribution in [0, 0.1) is 0 Å². The molecule has 2 nitrogen and oxygen atoms in total. The van der Waals surface area contributed by atoms with Gasteiger partial charge in [0.05, 0.1) is 0 Å². The lowest BCUT2D eigenvalue weighted by Crippen LogP contribution is -2.58. The van der Waals surface area contributed by atoms with Gasteiger partial charge >= 0.3 is 0 Å². The van der Waals surface area contributed by atoms with Gasteiger partial charge in [0, 0.05) is 25.2 Å². The van der Waals surface area contributed by atoms with E-state index in [1.165, 1.54) is 32.1 Å². The molecule has 0 amide bonds. The van der Waals surface area contributed by atoms with Crippen LogP contribution in [0.2, 0.25) is 0 Å². The molecule has 1 unspecified atom stereocenters. The quantitative estimate of drug-likeness (QED) is 0.620. The van der Waals surface area contributed by atoms with Crippen LogP contribution in [-0.4, -0.2) is 30.1 Å². The lowest BCUT2D eigenvalue weighted by Gasteiger charge is -2.42. The van der Waals surface area contributed by atoms with E-state index < -0.39 is 0 Å². The van der Waals surface area contributed by atoms with Crippen LogP contribution >= 0.6 is 0 Å². The van der Waals surface area contributed by atoms with Gasteiger partial charge in [-0.2, -0.15) is 0 Å². The first-order valence-corrected chi connectivity index (χ1v) is 5.52. The highest BCUT2D eigenvalue weighted by molar-refractivity contribution is 5.00. The van der Waals surface area contributed by atoms with E-state index in [0.717, 1.165) is 13.1 Å². The summed E-state index contributed by atoms with van der Waals surface area (Å²) in [4.78, 5) is 2.51. The Morgan fingerprint density at radius 3 is 2.77 bits per heavy atom. The van der Waals surface area contributed by atoms with Crippen molar-refractivity contribution in [3.8, 4) is 0 Å². The van der Waals surface area contributed by atoms with Gasteiger partial charge in [0.1, 0.15) is 0 Å². The molecule has 0 saturated carbocycles. The Hall–Kier alpha value is -0.340. The molecular weight excluding hydrogens is 160 g/mol. The van der Waals surface area contributed by atoms with E-state index in [-0.39, 0.29) is 0 Å². The van der Waals surface area contributed by atoms with Gasteiger partial charge < -0.3 is 5.73 Å². The summed E-state index contributed by atoms with van der Waals surface area (Å²) >= 11 is 0. The average molecular weight is 180 g/mol. The number of hydrogen-bond acceptors (Lipinski definition) is 2. The van der Waals surface area contributed by atoms with Gasteiger partial charge in [-0.15, -0.1) is 0 Å². The Morgan fingerprint density at radius 1 is 1.15 bits per heavy atom. The molecule has 1 atom stereocenters. The average Bonchev–Trinajstić information content (AvgIpc) is 1.99.